The van der Waals surface area contributed by atoms with Gasteiger partial charge in [-0.15, -0.1) is 0 Å². The highest BCUT2D eigenvalue weighted by Gasteiger charge is 2.02. The van der Waals surface area contributed by atoms with Crippen molar-refractivity contribution in [2.24, 2.45) is 0 Å². The second-order valence-electron chi connectivity index (χ2n) is 3.38. The lowest BCUT2D eigenvalue weighted by atomic mass is 10.2. The third kappa shape index (κ3) is 3.30. The molecule has 0 saturated heterocycles. The van der Waals surface area contributed by atoms with Gasteiger partial charge in [-0.1, -0.05) is 13.8 Å². The van der Waals surface area contributed by atoms with Crippen molar-refractivity contribution in [2.45, 2.75) is 19.8 Å². The third-order valence-corrected chi connectivity index (χ3v) is 1.79. The summed E-state index contributed by atoms with van der Waals surface area (Å²) in [4.78, 5) is 8.40. The molecular formula is C10H17N3O. The summed E-state index contributed by atoms with van der Waals surface area (Å²) < 4.78 is 5.39. The van der Waals surface area contributed by atoms with E-state index in [-0.39, 0.29) is 0 Å². The molecule has 0 aliphatic heterocycles. The van der Waals surface area contributed by atoms with Gasteiger partial charge in [0.15, 0.2) is 5.75 Å². The Kier molecular flexibility index (Phi) is 4.32. The van der Waals surface area contributed by atoms with E-state index in [0.29, 0.717) is 12.5 Å². The van der Waals surface area contributed by atoms with Crippen LogP contribution in [0.5, 0.6) is 5.75 Å². The highest BCUT2D eigenvalue weighted by molar-refractivity contribution is 5.13. The predicted octanol–water partition coefficient (Wildman–Crippen LogP) is 1.20. The zero-order valence-electron chi connectivity index (χ0n) is 8.95. The summed E-state index contributed by atoms with van der Waals surface area (Å²) in [7, 11) is 1.89. The normalized spacial score (nSPS) is 10.6. The maximum Gasteiger partial charge on any atom is 0.155 e. The fourth-order valence-corrected chi connectivity index (χ4v) is 0.970. The molecule has 0 aliphatic carbocycles. The molecule has 4 nitrogen and oxygen atoms in total. The summed E-state index contributed by atoms with van der Waals surface area (Å²) in [5, 5.41) is 3.00. The maximum atomic E-state index is 5.39. The van der Waals surface area contributed by atoms with Crippen LogP contribution >= 0.6 is 0 Å². The van der Waals surface area contributed by atoms with E-state index in [2.05, 4.69) is 29.1 Å². The van der Waals surface area contributed by atoms with E-state index in [4.69, 9.17) is 4.74 Å². The van der Waals surface area contributed by atoms with Crippen molar-refractivity contribution in [1.82, 2.24) is 15.3 Å². The van der Waals surface area contributed by atoms with Gasteiger partial charge in [-0.25, -0.2) is 9.97 Å². The zero-order chi connectivity index (χ0) is 10.4. The summed E-state index contributed by atoms with van der Waals surface area (Å²) in [6.07, 6.45) is 3.44. The average Bonchev–Trinajstić information content (AvgIpc) is 2.19. The van der Waals surface area contributed by atoms with Crippen LogP contribution in [0.15, 0.2) is 12.4 Å². The van der Waals surface area contributed by atoms with Gasteiger partial charge < -0.3 is 10.1 Å². The van der Waals surface area contributed by atoms with Crippen LogP contribution in [0.1, 0.15) is 25.6 Å². The van der Waals surface area contributed by atoms with Gasteiger partial charge in [-0.3, -0.25) is 0 Å². The van der Waals surface area contributed by atoms with Crippen LogP contribution in [-0.2, 0) is 0 Å². The van der Waals surface area contributed by atoms with Crippen molar-refractivity contribution >= 4 is 0 Å². The predicted molar refractivity (Wildman–Crippen MR) is 55.5 cm³/mol. The third-order valence-electron chi connectivity index (χ3n) is 1.79. The molecule has 78 valence electrons. The molecule has 0 atom stereocenters. The first kappa shape index (κ1) is 10.9. The number of nitrogens with zero attached hydrogens (tertiary/aromatic N) is 2. The van der Waals surface area contributed by atoms with E-state index in [0.717, 1.165) is 18.1 Å². The Morgan fingerprint density at radius 2 is 2.00 bits per heavy atom. The van der Waals surface area contributed by atoms with Crippen LogP contribution in [0.25, 0.3) is 0 Å². The van der Waals surface area contributed by atoms with Crippen molar-refractivity contribution in [2.75, 3.05) is 20.2 Å². The van der Waals surface area contributed by atoms with E-state index >= 15 is 0 Å². The van der Waals surface area contributed by atoms with Crippen LogP contribution in [0, 0.1) is 0 Å². The Hall–Kier alpha value is -1.16. The molecule has 0 fully saturated rings. The number of likely N-dealkylation sites (N-methyl/N-ethyl adjacent to an activating group) is 1. The first-order chi connectivity index (χ1) is 6.74. The van der Waals surface area contributed by atoms with Crippen molar-refractivity contribution in [3.8, 4) is 5.75 Å². The molecule has 1 rings (SSSR count). The molecule has 1 N–H and O–H groups in total. The highest BCUT2D eigenvalue weighted by atomic mass is 16.5. The van der Waals surface area contributed by atoms with E-state index in [1.807, 2.05) is 7.05 Å². The number of aromatic nitrogens is 2. The van der Waals surface area contributed by atoms with Crippen LogP contribution in [0.2, 0.25) is 0 Å². The minimum absolute atomic E-state index is 0.362. The number of nitrogens with one attached hydrogen (secondary N) is 1. The highest BCUT2D eigenvalue weighted by Crippen LogP contribution is 2.11. The Balaban J connectivity index is 2.47. The van der Waals surface area contributed by atoms with E-state index in [9.17, 15) is 0 Å². The van der Waals surface area contributed by atoms with Crippen molar-refractivity contribution in [3.63, 3.8) is 0 Å². The molecular weight excluding hydrogens is 178 g/mol. The molecule has 4 heteroatoms. The lowest BCUT2D eigenvalue weighted by molar-refractivity contribution is 0.315. The summed E-state index contributed by atoms with van der Waals surface area (Å²) in [5.74, 6) is 1.94. The van der Waals surface area contributed by atoms with Crippen LogP contribution in [0.3, 0.4) is 0 Å². The Labute approximate surface area is 84.7 Å². The van der Waals surface area contributed by atoms with Crippen molar-refractivity contribution < 1.29 is 4.74 Å². The first-order valence-corrected chi connectivity index (χ1v) is 4.83. The second kappa shape index (κ2) is 5.54. The van der Waals surface area contributed by atoms with Crippen molar-refractivity contribution in [1.29, 1.82) is 0 Å². The van der Waals surface area contributed by atoms with Gasteiger partial charge in [0.1, 0.15) is 12.4 Å². The van der Waals surface area contributed by atoms with E-state index < -0.39 is 0 Å². The van der Waals surface area contributed by atoms with E-state index in [1.165, 1.54) is 0 Å². The van der Waals surface area contributed by atoms with Gasteiger partial charge in [-0.05, 0) is 7.05 Å². The molecule has 0 saturated carbocycles. The average molecular weight is 195 g/mol. The molecule has 0 aliphatic rings. The molecule has 0 spiro atoms. The Morgan fingerprint density at radius 3 is 2.50 bits per heavy atom. The minimum atomic E-state index is 0.362. The largest absolute Gasteiger partial charge is 0.489 e. The van der Waals surface area contributed by atoms with Crippen LogP contribution in [0.4, 0.5) is 0 Å². The molecule has 0 amide bonds. The zero-order valence-corrected chi connectivity index (χ0v) is 8.95. The summed E-state index contributed by atoms with van der Waals surface area (Å²) in [6, 6.07) is 0. The molecule has 1 aromatic heterocycles. The molecule has 0 unspecified atom stereocenters. The van der Waals surface area contributed by atoms with E-state index in [1.54, 1.807) is 12.4 Å². The second-order valence-corrected chi connectivity index (χ2v) is 3.38. The van der Waals surface area contributed by atoms with Gasteiger partial charge in [0.05, 0.1) is 12.4 Å². The number of hydrogen-bond donors (Lipinski definition) is 1. The van der Waals surface area contributed by atoms with Gasteiger partial charge in [0, 0.05) is 12.5 Å². The topological polar surface area (TPSA) is 47.0 Å². The van der Waals surface area contributed by atoms with Gasteiger partial charge >= 0.3 is 0 Å². The minimum Gasteiger partial charge on any atom is -0.489 e. The Morgan fingerprint density at radius 1 is 1.36 bits per heavy atom. The lowest BCUT2D eigenvalue weighted by Gasteiger charge is -2.06. The fourth-order valence-electron chi connectivity index (χ4n) is 0.970. The number of ether oxygens (including phenoxy) is 1. The maximum absolute atomic E-state index is 5.39. The molecule has 14 heavy (non-hydrogen) atoms. The standard InChI is InChI=1S/C10H17N3O/c1-8(2)10-12-6-9(7-13-10)14-5-4-11-3/h6-8,11H,4-5H2,1-3H3. The molecule has 0 radical (unpaired) electrons. The quantitative estimate of drug-likeness (QED) is 0.717. The SMILES string of the molecule is CNCCOc1cnc(C(C)C)nc1. The number of hydrogen-bond acceptors (Lipinski definition) is 4. The lowest BCUT2D eigenvalue weighted by Crippen LogP contribution is -2.16. The van der Waals surface area contributed by atoms with Gasteiger partial charge in [0.2, 0.25) is 0 Å². The Bertz CT molecular complexity index is 259. The summed E-state index contributed by atoms with van der Waals surface area (Å²) in [5.41, 5.74) is 0. The van der Waals surface area contributed by atoms with Crippen molar-refractivity contribution in [3.05, 3.63) is 18.2 Å². The fraction of sp³-hybridized carbons (Fsp3) is 0.600. The monoisotopic (exact) mass is 195 g/mol. The smallest absolute Gasteiger partial charge is 0.155 e. The first-order valence-electron chi connectivity index (χ1n) is 4.83. The van der Waals surface area contributed by atoms with Crippen LogP contribution < -0.4 is 10.1 Å². The van der Waals surface area contributed by atoms with Gasteiger partial charge in [-0.2, -0.15) is 0 Å². The molecule has 0 aromatic carbocycles. The van der Waals surface area contributed by atoms with Gasteiger partial charge in [0.25, 0.3) is 0 Å². The number of rotatable bonds is 5. The molecule has 1 aromatic rings. The molecule has 1 heterocycles. The summed E-state index contributed by atoms with van der Waals surface area (Å²) >= 11 is 0. The summed E-state index contributed by atoms with van der Waals surface area (Å²) in [6.45, 7) is 5.60. The van der Waals surface area contributed by atoms with Crippen LogP contribution in [-0.4, -0.2) is 30.2 Å². The molecule has 0 bridgehead atoms.